The number of hydrogen-bond acceptors (Lipinski definition) is 5. The molecular weight excluding hydrogens is 422 g/mol. The number of thiazole rings is 1. The third-order valence-electron chi connectivity index (χ3n) is 6.48. The molecule has 2 fully saturated rings. The first-order chi connectivity index (χ1) is 15.5. The van der Waals surface area contributed by atoms with Crippen LogP contribution >= 0.6 is 11.3 Å². The maximum Gasteiger partial charge on any atom is 0.228 e. The summed E-state index contributed by atoms with van der Waals surface area (Å²) in [7, 11) is 0. The topological polar surface area (TPSA) is 62.7 Å². The Bertz CT molecular complexity index is 919. The molecule has 3 heterocycles. The van der Waals surface area contributed by atoms with E-state index in [4.69, 9.17) is 4.74 Å². The van der Waals surface area contributed by atoms with Gasteiger partial charge in [-0.3, -0.25) is 9.59 Å². The van der Waals surface area contributed by atoms with E-state index in [0.717, 1.165) is 48.8 Å². The van der Waals surface area contributed by atoms with Crippen molar-refractivity contribution in [2.24, 2.45) is 11.8 Å². The predicted molar refractivity (Wildman–Crippen MR) is 126 cm³/mol. The molecule has 0 radical (unpaired) electrons. The van der Waals surface area contributed by atoms with Gasteiger partial charge in [0.1, 0.15) is 17.4 Å². The van der Waals surface area contributed by atoms with Crippen molar-refractivity contribution in [2.45, 2.75) is 52.6 Å². The zero-order valence-corrected chi connectivity index (χ0v) is 19.9. The van der Waals surface area contributed by atoms with Gasteiger partial charge in [0.25, 0.3) is 0 Å². The van der Waals surface area contributed by atoms with Crippen LogP contribution in [0.25, 0.3) is 0 Å². The molecule has 0 saturated carbocycles. The molecule has 0 N–H and O–H groups in total. The van der Waals surface area contributed by atoms with Crippen molar-refractivity contribution in [2.75, 3.05) is 26.2 Å². The Morgan fingerprint density at radius 1 is 1.09 bits per heavy atom. The van der Waals surface area contributed by atoms with E-state index in [1.165, 1.54) is 23.3 Å². The lowest BCUT2D eigenvalue weighted by molar-refractivity contribution is -0.141. The molecule has 4 rings (SSSR count). The molecule has 1 aromatic heterocycles. The molecule has 1 atom stereocenters. The number of likely N-dealkylation sites (tertiary alicyclic amines) is 2. The lowest BCUT2D eigenvalue weighted by Crippen LogP contribution is -2.47. The van der Waals surface area contributed by atoms with Crippen LogP contribution < -0.4 is 4.74 Å². The quantitative estimate of drug-likeness (QED) is 0.659. The van der Waals surface area contributed by atoms with Crippen LogP contribution in [0, 0.1) is 18.8 Å². The Balaban J connectivity index is 1.22. The number of benzene rings is 1. The molecule has 0 aliphatic carbocycles. The molecule has 1 unspecified atom stereocenters. The van der Waals surface area contributed by atoms with Crippen LogP contribution in [0.4, 0.5) is 0 Å². The summed E-state index contributed by atoms with van der Waals surface area (Å²) < 4.78 is 5.79. The molecule has 1 aromatic carbocycles. The monoisotopic (exact) mass is 455 g/mol. The van der Waals surface area contributed by atoms with Crippen molar-refractivity contribution >= 4 is 23.2 Å². The van der Waals surface area contributed by atoms with Crippen LogP contribution in [-0.2, 0) is 22.6 Å². The SMILES string of the molecule is Cc1ccc(OCc2nc(CC(=O)N3CCC(C(=O)N4CCCC(C)C4)CC3)cs2)cc1. The van der Waals surface area contributed by atoms with Gasteiger partial charge in [0, 0.05) is 37.5 Å². The minimum Gasteiger partial charge on any atom is -0.486 e. The van der Waals surface area contributed by atoms with Gasteiger partial charge in [-0.25, -0.2) is 4.98 Å². The summed E-state index contributed by atoms with van der Waals surface area (Å²) in [5.74, 6) is 1.87. The lowest BCUT2D eigenvalue weighted by atomic mass is 9.92. The number of nitrogens with zero attached hydrogens (tertiary/aromatic N) is 3. The van der Waals surface area contributed by atoms with E-state index in [1.54, 1.807) is 0 Å². The average Bonchev–Trinajstić information content (AvgIpc) is 3.25. The van der Waals surface area contributed by atoms with E-state index in [1.807, 2.05) is 46.4 Å². The Hall–Kier alpha value is -2.41. The Kier molecular flexibility index (Phi) is 7.45. The summed E-state index contributed by atoms with van der Waals surface area (Å²) in [5, 5.41) is 2.81. The van der Waals surface area contributed by atoms with Crippen molar-refractivity contribution in [1.29, 1.82) is 0 Å². The van der Waals surface area contributed by atoms with E-state index in [9.17, 15) is 9.59 Å². The highest BCUT2D eigenvalue weighted by atomic mass is 32.1. The maximum absolute atomic E-state index is 12.9. The van der Waals surface area contributed by atoms with Crippen molar-refractivity contribution in [3.8, 4) is 5.75 Å². The minimum atomic E-state index is 0.0640. The molecular formula is C25H33N3O3S. The van der Waals surface area contributed by atoms with Gasteiger partial charge >= 0.3 is 0 Å². The number of piperidine rings is 2. The number of rotatable bonds is 6. The Morgan fingerprint density at radius 2 is 1.84 bits per heavy atom. The Labute approximate surface area is 194 Å². The smallest absolute Gasteiger partial charge is 0.228 e. The largest absolute Gasteiger partial charge is 0.486 e. The van der Waals surface area contributed by atoms with E-state index in [2.05, 4.69) is 11.9 Å². The third kappa shape index (κ3) is 5.88. The van der Waals surface area contributed by atoms with E-state index in [-0.39, 0.29) is 11.8 Å². The molecule has 6 nitrogen and oxygen atoms in total. The zero-order valence-electron chi connectivity index (χ0n) is 19.1. The number of amides is 2. The standard InChI is InChI=1S/C25H33N3O3S/c1-18-5-7-22(8-6-18)31-16-23-26-21(17-32-23)14-24(29)27-12-9-20(10-13-27)25(30)28-11-3-4-19(2)15-28/h5-8,17,19-20H,3-4,9-16H2,1-2H3. The van der Waals surface area contributed by atoms with Gasteiger partial charge in [0.2, 0.25) is 11.8 Å². The fraction of sp³-hybridized carbons (Fsp3) is 0.560. The molecule has 0 bridgehead atoms. The van der Waals surface area contributed by atoms with Crippen molar-refractivity contribution in [3.05, 3.63) is 45.9 Å². The van der Waals surface area contributed by atoms with E-state index < -0.39 is 0 Å². The number of aromatic nitrogens is 1. The molecule has 2 aromatic rings. The van der Waals surface area contributed by atoms with E-state index in [0.29, 0.717) is 37.9 Å². The third-order valence-corrected chi connectivity index (χ3v) is 7.35. The van der Waals surface area contributed by atoms with Gasteiger partial charge < -0.3 is 14.5 Å². The molecule has 32 heavy (non-hydrogen) atoms. The molecule has 2 saturated heterocycles. The second kappa shape index (κ2) is 10.5. The van der Waals surface area contributed by atoms with Crippen molar-refractivity contribution in [1.82, 2.24) is 14.8 Å². The average molecular weight is 456 g/mol. The van der Waals surface area contributed by atoms with Crippen LogP contribution in [0.2, 0.25) is 0 Å². The summed E-state index contributed by atoms with van der Waals surface area (Å²) >= 11 is 1.52. The highest BCUT2D eigenvalue weighted by molar-refractivity contribution is 7.09. The molecule has 2 aliphatic rings. The van der Waals surface area contributed by atoms with Gasteiger partial charge in [-0.1, -0.05) is 24.6 Å². The summed E-state index contributed by atoms with van der Waals surface area (Å²) in [4.78, 5) is 34.1. The summed E-state index contributed by atoms with van der Waals surface area (Å²) in [6, 6.07) is 7.94. The van der Waals surface area contributed by atoms with Gasteiger partial charge in [-0.15, -0.1) is 11.3 Å². The lowest BCUT2D eigenvalue weighted by Gasteiger charge is -2.37. The first-order valence-corrected chi connectivity index (χ1v) is 12.5. The number of ether oxygens (including phenoxy) is 1. The summed E-state index contributed by atoms with van der Waals surface area (Å²) in [5.41, 5.74) is 1.99. The Morgan fingerprint density at radius 3 is 2.56 bits per heavy atom. The molecule has 172 valence electrons. The van der Waals surface area contributed by atoms with Crippen LogP contribution in [0.3, 0.4) is 0 Å². The van der Waals surface area contributed by atoms with Crippen LogP contribution in [0.5, 0.6) is 5.75 Å². The number of carbonyl (C=O) groups excluding carboxylic acids is 2. The van der Waals surface area contributed by atoms with Crippen molar-refractivity contribution in [3.63, 3.8) is 0 Å². The van der Waals surface area contributed by atoms with Crippen molar-refractivity contribution < 1.29 is 14.3 Å². The molecule has 2 aliphatic heterocycles. The molecule has 7 heteroatoms. The minimum absolute atomic E-state index is 0.0640. The van der Waals surface area contributed by atoms with Gasteiger partial charge in [-0.2, -0.15) is 0 Å². The number of carbonyl (C=O) groups is 2. The van der Waals surface area contributed by atoms with Gasteiger partial charge in [-0.05, 0) is 50.7 Å². The van der Waals surface area contributed by atoms with Crippen LogP contribution in [-0.4, -0.2) is 52.8 Å². The predicted octanol–water partition coefficient (Wildman–Crippen LogP) is 4.07. The first kappa shape index (κ1) is 22.8. The second-order valence-electron chi connectivity index (χ2n) is 9.20. The number of hydrogen-bond donors (Lipinski definition) is 0. The maximum atomic E-state index is 12.9. The zero-order chi connectivity index (χ0) is 22.5. The first-order valence-electron chi connectivity index (χ1n) is 11.7. The van der Waals surface area contributed by atoms with Gasteiger partial charge in [0.05, 0.1) is 12.1 Å². The second-order valence-corrected chi connectivity index (χ2v) is 10.1. The fourth-order valence-electron chi connectivity index (χ4n) is 4.57. The number of aryl methyl sites for hydroxylation is 1. The summed E-state index contributed by atoms with van der Waals surface area (Å²) in [6.45, 7) is 7.77. The summed E-state index contributed by atoms with van der Waals surface area (Å²) in [6.07, 6.45) is 4.16. The highest BCUT2D eigenvalue weighted by Crippen LogP contribution is 2.24. The molecule has 0 spiro atoms. The normalized spacial score (nSPS) is 19.8. The van der Waals surface area contributed by atoms with Crippen LogP contribution in [0.15, 0.2) is 29.6 Å². The van der Waals surface area contributed by atoms with Gasteiger partial charge in [0.15, 0.2) is 0 Å². The fourth-order valence-corrected chi connectivity index (χ4v) is 5.27. The van der Waals surface area contributed by atoms with Crippen LogP contribution in [0.1, 0.15) is 48.9 Å². The molecule has 2 amide bonds. The van der Waals surface area contributed by atoms with E-state index >= 15 is 0 Å². The highest BCUT2D eigenvalue weighted by Gasteiger charge is 2.31.